The summed E-state index contributed by atoms with van der Waals surface area (Å²) in [6.07, 6.45) is 5.65. The topological polar surface area (TPSA) is 69.3 Å². The molecule has 0 bridgehead atoms. The molecule has 2 saturated carbocycles. The van der Waals surface area contributed by atoms with Crippen molar-refractivity contribution >= 4 is 22.5 Å². The molecule has 0 unspecified atom stereocenters. The Balaban J connectivity index is 1.63. The molecule has 2 aliphatic rings. The van der Waals surface area contributed by atoms with Crippen LogP contribution in [0.4, 0.5) is 18.9 Å². The highest BCUT2D eigenvalue weighted by Gasteiger charge is 2.32. The van der Waals surface area contributed by atoms with E-state index in [0.717, 1.165) is 54.4 Å². The highest BCUT2D eigenvalue weighted by molar-refractivity contribution is 6.05. The lowest BCUT2D eigenvalue weighted by Crippen LogP contribution is -2.27. The molecule has 8 heteroatoms. The Bertz CT molecular complexity index is 1300. The summed E-state index contributed by atoms with van der Waals surface area (Å²) in [7, 11) is 0. The van der Waals surface area contributed by atoms with Gasteiger partial charge in [0.1, 0.15) is 5.75 Å². The van der Waals surface area contributed by atoms with Gasteiger partial charge >= 0.3 is 6.36 Å². The van der Waals surface area contributed by atoms with Gasteiger partial charge in [0.2, 0.25) is 5.91 Å². The molecule has 0 atom stereocenters. The van der Waals surface area contributed by atoms with Crippen LogP contribution in [0.1, 0.15) is 82.7 Å². The second-order valence-electron chi connectivity index (χ2n) is 11.2. The molecule has 0 radical (unpaired) electrons. The molecule has 3 N–H and O–H groups in total. The van der Waals surface area contributed by atoms with Gasteiger partial charge in [0, 0.05) is 36.0 Å². The molecule has 3 aromatic rings. The van der Waals surface area contributed by atoms with Gasteiger partial charge in [-0.15, -0.1) is 13.2 Å². The van der Waals surface area contributed by atoms with Crippen LogP contribution in [-0.2, 0) is 11.3 Å². The second kappa shape index (κ2) is 11.6. The quantitative estimate of drug-likeness (QED) is 0.317. The van der Waals surface area contributed by atoms with Crippen molar-refractivity contribution in [3.8, 4) is 16.9 Å². The van der Waals surface area contributed by atoms with E-state index in [9.17, 15) is 18.0 Å². The van der Waals surface area contributed by atoms with Gasteiger partial charge in [-0.05, 0) is 79.8 Å². The zero-order valence-corrected chi connectivity index (χ0v) is 22.5. The first kappa shape index (κ1) is 27.6. The van der Waals surface area contributed by atoms with Crippen LogP contribution in [0.15, 0.2) is 42.5 Å². The highest BCUT2D eigenvalue weighted by atomic mass is 19.4. The van der Waals surface area contributed by atoms with E-state index in [1.807, 2.05) is 19.1 Å². The largest absolute Gasteiger partial charge is 0.573 e. The number of halogens is 3. The Kier molecular flexibility index (Phi) is 8.21. The van der Waals surface area contributed by atoms with E-state index in [4.69, 9.17) is 5.73 Å². The third kappa shape index (κ3) is 6.43. The van der Waals surface area contributed by atoms with Crippen LogP contribution in [0.2, 0.25) is 0 Å². The Hall–Kier alpha value is -3.00. The number of benzene rings is 2. The van der Waals surface area contributed by atoms with Crippen LogP contribution < -0.4 is 15.8 Å². The van der Waals surface area contributed by atoms with E-state index >= 15 is 0 Å². The van der Waals surface area contributed by atoms with E-state index in [1.54, 1.807) is 12.1 Å². The number of rotatable bonds is 7. The first-order valence-corrected chi connectivity index (χ1v) is 14.3. The Morgan fingerprint density at radius 1 is 1.00 bits per heavy atom. The van der Waals surface area contributed by atoms with Gasteiger partial charge in [-0.1, -0.05) is 44.4 Å². The summed E-state index contributed by atoms with van der Waals surface area (Å²) in [6, 6.07) is 12.3. The molecule has 39 heavy (non-hydrogen) atoms. The second-order valence-corrected chi connectivity index (χ2v) is 11.2. The van der Waals surface area contributed by atoms with Crippen molar-refractivity contribution in [1.29, 1.82) is 0 Å². The van der Waals surface area contributed by atoms with E-state index in [0.29, 0.717) is 23.8 Å². The van der Waals surface area contributed by atoms with Gasteiger partial charge in [0.15, 0.2) is 0 Å². The lowest BCUT2D eigenvalue weighted by molar-refractivity contribution is -0.274. The average Bonchev–Trinajstić information content (AvgIpc) is 3.20. The average molecular weight is 542 g/mol. The minimum atomic E-state index is -4.76. The number of nitrogens with zero attached hydrogens (tertiary/aromatic N) is 1. The number of hydrogen-bond donors (Lipinski definition) is 2. The predicted molar refractivity (Wildman–Crippen MR) is 149 cm³/mol. The molecule has 0 saturated heterocycles. The maximum absolute atomic E-state index is 12.9. The number of hydrogen-bond acceptors (Lipinski definition) is 3. The van der Waals surface area contributed by atoms with Gasteiger partial charge in [0.05, 0.1) is 11.2 Å². The summed E-state index contributed by atoms with van der Waals surface area (Å²) in [6.45, 7) is 2.75. The number of nitrogens with two attached hydrogens (primary N) is 1. The number of fused-ring (bicyclic) bond motifs is 1. The number of ether oxygens (including phenoxy) is 1. The molecule has 0 spiro atoms. The number of amides is 1. The first-order valence-electron chi connectivity index (χ1n) is 14.3. The molecule has 210 valence electrons. The number of carbonyl (C=O) groups excluding carboxylic acids is 1. The number of nitrogens with one attached hydrogen (secondary N) is 1. The highest BCUT2D eigenvalue weighted by Crippen LogP contribution is 2.44. The van der Waals surface area contributed by atoms with E-state index in [2.05, 4.69) is 20.7 Å². The standard InChI is InChI=1S/C31H38F3N3O2/c1-2-28(38)36-29-26-18-23(22-9-6-10-25(17-22)39-31(32,33)34)13-16-27(26)37(19-20-7-4-3-5-8-20)30(29)21-11-14-24(35)15-12-21/h6,9-10,13,16-18,20-21,24H,2-5,7-8,11-12,14-15,19,35H2,1H3,(H,36,38). The lowest BCUT2D eigenvalue weighted by Gasteiger charge is -2.30. The molecule has 5 rings (SSSR count). The fourth-order valence-corrected chi connectivity index (χ4v) is 6.43. The minimum Gasteiger partial charge on any atom is -0.406 e. The summed E-state index contributed by atoms with van der Waals surface area (Å²) in [5.74, 6) is 0.574. The SMILES string of the molecule is CCC(=O)Nc1c(C2CCC(N)CC2)n(CC2CCCCC2)c2ccc(-c3cccc(OC(F)(F)F)c3)cc12. The molecule has 2 aliphatic carbocycles. The lowest BCUT2D eigenvalue weighted by atomic mass is 9.83. The van der Waals surface area contributed by atoms with Crippen molar-refractivity contribution in [3.05, 3.63) is 48.2 Å². The van der Waals surface area contributed by atoms with Crippen molar-refractivity contribution in [2.24, 2.45) is 11.7 Å². The van der Waals surface area contributed by atoms with Gasteiger partial charge in [0.25, 0.3) is 0 Å². The fraction of sp³-hybridized carbons (Fsp3) is 0.516. The number of alkyl halides is 3. The van der Waals surface area contributed by atoms with E-state index in [-0.39, 0.29) is 17.7 Å². The van der Waals surface area contributed by atoms with Gasteiger partial charge in [-0.2, -0.15) is 0 Å². The van der Waals surface area contributed by atoms with Gasteiger partial charge in [-0.25, -0.2) is 0 Å². The Morgan fingerprint density at radius 2 is 1.72 bits per heavy atom. The molecular weight excluding hydrogens is 503 g/mol. The zero-order valence-electron chi connectivity index (χ0n) is 22.5. The smallest absolute Gasteiger partial charge is 0.406 e. The maximum Gasteiger partial charge on any atom is 0.573 e. The minimum absolute atomic E-state index is 0.0496. The molecule has 0 aliphatic heterocycles. The van der Waals surface area contributed by atoms with Gasteiger partial charge in [-0.3, -0.25) is 4.79 Å². The summed E-state index contributed by atoms with van der Waals surface area (Å²) < 4.78 is 45.2. The summed E-state index contributed by atoms with van der Waals surface area (Å²) in [5, 5.41) is 4.15. The summed E-state index contributed by atoms with van der Waals surface area (Å²) in [5.41, 5.74) is 10.7. The summed E-state index contributed by atoms with van der Waals surface area (Å²) in [4.78, 5) is 12.8. The maximum atomic E-state index is 12.9. The monoisotopic (exact) mass is 541 g/mol. The number of carbonyl (C=O) groups is 1. The van der Waals surface area contributed by atoms with Crippen molar-refractivity contribution in [2.45, 2.75) is 96.0 Å². The third-order valence-electron chi connectivity index (χ3n) is 8.41. The molecule has 2 fully saturated rings. The molecule has 1 heterocycles. The summed E-state index contributed by atoms with van der Waals surface area (Å²) >= 11 is 0. The van der Waals surface area contributed by atoms with Crippen molar-refractivity contribution in [3.63, 3.8) is 0 Å². The van der Waals surface area contributed by atoms with Crippen LogP contribution in [0, 0.1) is 5.92 Å². The normalized spacial score (nSPS) is 20.7. The van der Waals surface area contributed by atoms with Crippen LogP contribution in [0.3, 0.4) is 0 Å². The Morgan fingerprint density at radius 3 is 2.41 bits per heavy atom. The van der Waals surface area contributed by atoms with Crippen molar-refractivity contribution < 1.29 is 22.7 Å². The van der Waals surface area contributed by atoms with Crippen LogP contribution in [0.25, 0.3) is 22.0 Å². The van der Waals surface area contributed by atoms with Crippen LogP contribution in [-0.4, -0.2) is 22.9 Å². The molecule has 1 aromatic heterocycles. The van der Waals surface area contributed by atoms with Gasteiger partial charge < -0.3 is 20.4 Å². The van der Waals surface area contributed by atoms with E-state index < -0.39 is 6.36 Å². The zero-order chi connectivity index (χ0) is 27.6. The Labute approximate surface area is 227 Å². The van der Waals surface area contributed by atoms with E-state index in [1.165, 1.54) is 49.9 Å². The van der Waals surface area contributed by atoms with Crippen LogP contribution in [0.5, 0.6) is 5.75 Å². The fourth-order valence-electron chi connectivity index (χ4n) is 6.43. The molecular formula is C31H38F3N3O2. The number of aromatic nitrogens is 1. The first-order chi connectivity index (χ1) is 18.7. The van der Waals surface area contributed by atoms with Crippen molar-refractivity contribution in [1.82, 2.24) is 4.57 Å². The van der Waals surface area contributed by atoms with Crippen molar-refractivity contribution in [2.75, 3.05) is 5.32 Å². The van der Waals surface area contributed by atoms with Crippen LogP contribution >= 0.6 is 0 Å². The molecule has 5 nitrogen and oxygen atoms in total. The molecule has 2 aromatic carbocycles. The number of anilines is 1. The predicted octanol–water partition coefficient (Wildman–Crippen LogP) is 8.12. The third-order valence-corrected chi connectivity index (χ3v) is 8.41. The molecule has 1 amide bonds.